The van der Waals surface area contributed by atoms with E-state index < -0.39 is 12.0 Å². The molecule has 0 aromatic rings. The molecule has 0 amide bonds. The summed E-state index contributed by atoms with van der Waals surface area (Å²) in [5.74, 6) is -0.0991. The van der Waals surface area contributed by atoms with E-state index >= 15 is 0 Å². The van der Waals surface area contributed by atoms with E-state index in [4.69, 9.17) is 10.1 Å². The molecule has 0 bridgehead atoms. The van der Waals surface area contributed by atoms with Crippen molar-refractivity contribution in [3.63, 3.8) is 0 Å². The molecule has 2 aliphatic carbocycles. The molecule has 3 aliphatic rings. The average molecular weight is 351 g/mol. The van der Waals surface area contributed by atoms with E-state index in [1.54, 1.807) is 6.92 Å². The highest BCUT2D eigenvalue weighted by Gasteiger charge is 2.31. The summed E-state index contributed by atoms with van der Waals surface area (Å²) in [6.07, 6.45) is 14.4. The Morgan fingerprint density at radius 3 is 2.62 bits per heavy atom. The maximum atomic E-state index is 11.1. The van der Waals surface area contributed by atoms with Gasteiger partial charge in [0.2, 0.25) is 0 Å². The molecule has 0 aromatic carbocycles. The minimum absolute atomic E-state index is 0.394. The Balaban J connectivity index is 1.46. The van der Waals surface area contributed by atoms with Gasteiger partial charge >= 0.3 is 5.97 Å². The number of fused-ring (bicyclic) bond motifs is 1. The number of rotatable bonds is 5. The highest BCUT2D eigenvalue weighted by atomic mass is 32.2. The van der Waals surface area contributed by atoms with Gasteiger partial charge in [-0.15, -0.1) is 11.8 Å². The lowest BCUT2D eigenvalue weighted by molar-refractivity contribution is -0.143. The molecule has 134 valence electrons. The summed E-state index contributed by atoms with van der Waals surface area (Å²) in [5, 5.41) is 11.1. The predicted molar refractivity (Wildman–Crippen MR) is 101 cm³/mol. The quantitative estimate of drug-likeness (QED) is 0.815. The molecule has 1 N–H and O–H groups in total. The number of aliphatic carboxylic acids is 1. The van der Waals surface area contributed by atoms with Crippen LogP contribution in [0.5, 0.6) is 0 Å². The number of carbonyl (C=O) groups is 1. The highest BCUT2D eigenvalue weighted by Crippen LogP contribution is 2.38. The molecule has 0 saturated heterocycles. The first-order chi connectivity index (χ1) is 11.5. The second-order valence-electron chi connectivity index (χ2n) is 7.58. The van der Waals surface area contributed by atoms with Crippen molar-refractivity contribution in [2.45, 2.75) is 81.7 Å². The summed E-state index contributed by atoms with van der Waals surface area (Å²) >= 11 is 1.99. The van der Waals surface area contributed by atoms with Crippen molar-refractivity contribution >= 4 is 22.8 Å². The van der Waals surface area contributed by atoms with Crippen LogP contribution in [0.15, 0.2) is 17.1 Å². The van der Waals surface area contributed by atoms with Gasteiger partial charge < -0.3 is 5.11 Å². The smallest absolute Gasteiger partial charge is 0.320 e. The Kier molecular flexibility index (Phi) is 6.03. The maximum absolute atomic E-state index is 11.1. The van der Waals surface area contributed by atoms with Gasteiger partial charge in [-0.2, -0.15) is 0 Å². The van der Waals surface area contributed by atoms with Crippen molar-refractivity contribution in [2.24, 2.45) is 10.9 Å². The van der Waals surface area contributed by atoms with E-state index in [1.807, 2.05) is 23.7 Å². The van der Waals surface area contributed by atoms with E-state index in [0.29, 0.717) is 18.0 Å². The molecular formula is C19H30N2O2S. The molecule has 4 nitrogen and oxygen atoms in total. The Bertz CT molecular complexity index is 511. The van der Waals surface area contributed by atoms with E-state index in [9.17, 15) is 4.79 Å². The number of hydrogen-bond donors (Lipinski definition) is 1. The van der Waals surface area contributed by atoms with Crippen molar-refractivity contribution in [1.29, 1.82) is 0 Å². The first-order valence-electron chi connectivity index (χ1n) is 9.42. The molecule has 2 fully saturated rings. The van der Waals surface area contributed by atoms with Crippen molar-refractivity contribution in [3.05, 3.63) is 12.2 Å². The molecule has 0 spiro atoms. The molecule has 0 aromatic heterocycles. The van der Waals surface area contributed by atoms with Gasteiger partial charge in [0.15, 0.2) is 0 Å². The van der Waals surface area contributed by atoms with Crippen molar-refractivity contribution in [1.82, 2.24) is 4.90 Å². The van der Waals surface area contributed by atoms with Gasteiger partial charge in [-0.25, -0.2) is 0 Å². The number of thioether (sulfide) groups is 1. The normalized spacial score (nSPS) is 35.0. The van der Waals surface area contributed by atoms with Crippen LogP contribution in [-0.4, -0.2) is 51.4 Å². The Morgan fingerprint density at radius 2 is 1.96 bits per heavy atom. The van der Waals surface area contributed by atoms with Crippen LogP contribution in [0.3, 0.4) is 0 Å². The third kappa shape index (κ3) is 4.23. The summed E-state index contributed by atoms with van der Waals surface area (Å²) in [6, 6.07) is 0.585. The summed E-state index contributed by atoms with van der Waals surface area (Å²) in [7, 11) is 1.95. The van der Waals surface area contributed by atoms with Gasteiger partial charge in [-0.05, 0) is 64.5 Å². The summed E-state index contributed by atoms with van der Waals surface area (Å²) in [6.45, 7) is 1.78. The molecule has 3 rings (SSSR count). The number of hydrogen-bond acceptors (Lipinski definition) is 4. The van der Waals surface area contributed by atoms with E-state index in [-0.39, 0.29) is 0 Å². The lowest BCUT2D eigenvalue weighted by Crippen LogP contribution is -2.44. The monoisotopic (exact) mass is 350 g/mol. The fraction of sp³-hybridized carbons (Fsp3) is 0.789. The molecule has 2 saturated carbocycles. The van der Waals surface area contributed by atoms with E-state index in [0.717, 1.165) is 30.9 Å². The zero-order valence-corrected chi connectivity index (χ0v) is 15.7. The van der Waals surface area contributed by atoms with Crippen LogP contribution in [0.1, 0.15) is 58.3 Å². The zero-order valence-electron chi connectivity index (χ0n) is 14.9. The molecule has 0 radical (unpaired) electrons. The largest absolute Gasteiger partial charge is 0.480 e. The van der Waals surface area contributed by atoms with Crippen LogP contribution in [0, 0.1) is 5.92 Å². The minimum Gasteiger partial charge on any atom is -0.480 e. The SMILES string of the molecule is CC(C(=O)O)N(C)C1CCC(/C=C/C2=NC3CCCCC3S2)CC1. The van der Waals surface area contributed by atoms with Crippen molar-refractivity contribution < 1.29 is 9.90 Å². The molecule has 5 heteroatoms. The van der Waals surface area contributed by atoms with Crippen LogP contribution in [0.2, 0.25) is 0 Å². The molecule has 3 atom stereocenters. The third-order valence-corrected chi connectivity index (χ3v) is 7.37. The standard InChI is InChI=1S/C19H30N2O2S/c1-13(19(22)23)21(2)15-10-7-14(8-11-15)9-12-18-20-16-5-3-4-6-17(16)24-18/h9,12-17H,3-8,10-11H2,1-2H3,(H,22,23)/b12-9+. The number of nitrogens with zero attached hydrogens (tertiary/aromatic N) is 2. The summed E-state index contributed by atoms with van der Waals surface area (Å²) in [5.41, 5.74) is 0. The van der Waals surface area contributed by atoms with Crippen LogP contribution >= 0.6 is 11.8 Å². The van der Waals surface area contributed by atoms with E-state index in [2.05, 4.69) is 12.2 Å². The lowest BCUT2D eigenvalue weighted by atomic mass is 9.85. The summed E-state index contributed by atoms with van der Waals surface area (Å²) < 4.78 is 0. The van der Waals surface area contributed by atoms with Gasteiger partial charge in [0.1, 0.15) is 6.04 Å². The molecular weight excluding hydrogens is 320 g/mol. The third-order valence-electron chi connectivity index (χ3n) is 6.03. The first kappa shape index (κ1) is 18.0. The molecule has 3 unspecified atom stereocenters. The van der Waals surface area contributed by atoms with Gasteiger partial charge in [0.05, 0.1) is 11.1 Å². The first-order valence-corrected chi connectivity index (χ1v) is 10.3. The average Bonchev–Trinajstić information content (AvgIpc) is 3.02. The number of carboxylic acid groups (broad SMARTS) is 1. The number of allylic oxidation sites excluding steroid dienone is 1. The fourth-order valence-electron chi connectivity index (χ4n) is 4.20. The fourth-order valence-corrected chi connectivity index (χ4v) is 5.51. The number of aliphatic imine (C=N–C) groups is 1. The van der Waals surface area contributed by atoms with E-state index in [1.165, 1.54) is 30.7 Å². The second-order valence-corrected chi connectivity index (χ2v) is 8.84. The Labute approximate surface area is 149 Å². The van der Waals surface area contributed by atoms with Crippen LogP contribution in [0.25, 0.3) is 0 Å². The minimum atomic E-state index is -0.725. The zero-order chi connectivity index (χ0) is 17.1. The van der Waals surface area contributed by atoms with Crippen molar-refractivity contribution in [3.8, 4) is 0 Å². The van der Waals surface area contributed by atoms with Gasteiger partial charge in [-0.1, -0.05) is 18.9 Å². The van der Waals surface area contributed by atoms with Crippen LogP contribution in [0.4, 0.5) is 0 Å². The topological polar surface area (TPSA) is 52.9 Å². The lowest BCUT2D eigenvalue weighted by Gasteiger charge is -2.35. The van der Waals surface area contributed by atoms with Crippen LogP contribution in [-0.2, 0) is 4.79 Å². The Hall–Kier alpha value is -0.810. The second kappa shape index (κ2) is 8.05. The Morgan fingerprint density at radius 1 is 1.25 bits per heavy atom. The molecule has 1 heterocycles. The molecule has 1 aliphatic heterocycles. The number of carboxylic acids is 1. The van der Waals surface area contributed by atoms with Crippen LogP contribution < -0.4 is 0 Å². The van der Waals surface area contributed by atoms with Gasteiger partial charge in [-0.3, -0.25) is 14.7 Å². The van der Waals surface area contributed by atoms with Gasteiger partial charge in [0.25, 0.3) is 0 Å². The van der Waals surface area contributed by atoms with Crippen molar-refractivity contribution in [2.75, 3.05) is 7.05 Å². The molecule has 24 heavy (non-hydrogen) atoms. The predicted octanol–water partition coefficient (Wildman–Crippen LogP) is 3.96. The summed E-state index contributed by atoms with van der Waals surface area (Å²) in [4.78, 5) is 18.1. The highest BCUT2D eigenvalue weighted by molar-refractivity contribution is 8.15. The van der Waals surface area contributed by atoms with Gasteiger partial charge in [0, 0.05) is 11.3 Å². The maximum Gasteiger partial charge on any atom is 0.320 e. The number of likely N-dealkylation sites (N-methyl/N-ethyl adjacent to an activating group) is 1.